The standard InChI is InChI=1S/C13H18N2O2/c1-10-8-11-4-2-3-5-12(11)15-13(16)17-7-6-14-9-10/h2-5,10,14H,6-9H2,1H3,(H,15,16). The van der Waals surface area contributed by atoms with E-state index < -0.39 is 0 Å². The molecule has 0 bridgehead atoms. The van der Waals surface area contributed by atoms with Gasteiger partial charge in [0.25, 0.3) is 0 Å². The van der Waals surface area contributed by atoms with Crippen LogP contribution >= 0.6 is 0 Å². The van der Waals surface area contributed by atoms with Gasteiger partial charge in [0.2, 0.25) is 0 Å². The van der Waals surface area contributed by atoms with Crippen LogP contribution in [0.2, 0.25) is 0 Å². The number of fused-ring (bicyclic) bond motifs is 1. The van der Waals surface area contributed by atoms with Crippen LogP contribution in [0.5, 0.6) is 0 Å². The lowest BCUT2D eigenvalue weighted by atomic mass is 9.99. The zero-order chi connectivity index (χ0) is 12.1. The normalized spacial score (nSPS) is 21.7. The number of amides is 1. The summed E-state index contributed by atoms with van der Waals surface area (Å²) in [7, 11) is 0. The summed E-state index contributed by atoms with van der Waals surface area (Å²) in [5, 5.41) is 6.07. The number of cyclic esters (lactones) is 1. The van der Waals surface area contributed by atoms with Crippen LogP contribution in [0.25, 0.3) is 0 Å². The second-order valence-corrected chi connectivity index (χ2v) is 4.43. The third-order valence-corrected chi connectivity index (χ3v) is 2.83. The first-order valence-electron chi connectivity index (χ1n) is 5.98. The molecule has 1 atom stereocenters. The fourth-order valence-corrected chi connectivity index (χ4v) is 1.98. The van der Waals surface area contributed by atoms with Crippen LogP contribution in [0.15, 0.2) is 24.3 Å². The van der Waals surface area contributed by atoms with Gasteiger partial charge in [-0.2, -0.15) is 0 Å². The van der Waals surface area contributed by atoms with Gasteiger partial charge in [-0.3, -0.25) is 5.32 Å². The van der Waals surface area contributed by atoms with Crippen molar-refractivity contribution in [3.63, 3.8) is 0 Å². The van der Waals surface area contributed by atoms with Crippen LogP contribution in [-0.2, 0) is 11.2 Å². The molecule has 0 aromatic heterocycles. The molecule has 1 heterocycles. The lowest BCUT2D eigenvalue weighted by Crippen LogP contribution is -2.26. The summed E-state index contributed by atoms with van der Waals surface area (Å²) >= 11 is 0. The smallest absolute Gasteiger partial charge is 0.411 e. The summed E-state index contributed by atoms with van der Waals surface area (Å²) in [6.07, 6.45) is 0.567. The highest BCUT2D eigenvalue weighted by Gasteiger charge is 2.11. The molecule has 0 saturated heterocycles. The highest BCUT2D eigenvalue weighted by atomic mass is 16.5. The van der Waals surface area contributed by atoms with Crippen molar-refractivity contribution in [2.24, 2.45) is 5.92 Å². The number of anilines is 1. The van der Waals surface area contributed by atoms with E-state index in [0.29, 0.717) is 19.1 Å². The molecule has 1 unspecified atom stereocenters. The third kappa shape index (κ3) is 3.46. The molecule has 1 aliphatic heterocycles. The number of para-hydroxylation sites is 1. The lowest BCUT2D eigenvalue weighted by molar-refractivity contribution is 0.162. The Balaban J connectivity index is 2.19. The molecule has 92 valence electrons. The Labute approximate surface area is 101 Å². The molecule has 4 heteroatoms. The first-order chi connectivity index (χ1) is 8.25. The van der Waals surface area contributed by atoms with Crippen molar-refractivity contribution in [3.8, 4) is 0 Å². The van der Waals surface area contributed by atoms with Gasteiger partial charge in [0.15, 0.2) is 0 Å². The minimum atomic E-state index is -0.381. The van der Waals surface area contributed by atoms with Crippen molar-refractivity contribution >= 4 is 11.8 Å². The van der Waals surface area contributed by atoms with Crippen molar-refractivity contribution in [1.82, 2.24) is 5.32 Å². The molecular weight excluding hydrogens is 216 g/mol. The van der Waals surface area contributed by atoms with E-state index in [4.69, 9.17) is 4.74 Å². The van der Waals surface area contributed by atoms with Gasteiger partial charge in [0, 0.05) is 12.2 Å². The Morgan fingerprint density at radius 1 is 1.35 bits per heavy atom. The molecule has 1 aliphatic rings. The summed E-state index contributed by atoms with van der Waals surface area (Å²) < 4.78 is 5.05. The number of rotatable bonds is 0. The van der Waals surface area contributed by atoms with Crippen LogP contribution in [0.4, 0.5) is 10.5 Å². The Kier molecular flexibility index (Phi) is 3.98. The molecule has 1 aromatic rings. The largest absolute Gasteiger partial charge is 0.448 e. The minimum Gasteiger partial charge on any atom is -0.448 e. The van der Waals surface area contributed by atoms with Crippen molar-refractivity contribution < 1.29 is 9.53 Å². The lowest BCUT2D eigenvalue weighted by Gasteiger charge is -2.13. The second-order valence-electron chi connectivity index (χ2n) is 4.43. The Hall–Kier alpha value is -1.55. The molecular formula is C13H18N2O2. The van der Waals surface area contributed by atoms with Crippen LogP contribution < -0.4 is 10.6 Å². The summed E-state index contributed by atoms with van der Waals surface area (Å²) in [5.74, 6) is 0.533. The Morgan fingerprint density at radius 3 is 3.06 bits per heavy atom. The number of ether oxygens (including phenoxy) is 1. The van der Waals surface area contributed by atoms with Crippen LogP contribution in [0.3, 0.4) is 0 Å². The third-order valence-electron chi connectivity index (χ3n) is 2.83. The van der Waals surface area contributed by atoms with E-state index in [1.807, 2.05) is 24.3 Å². The van der Waals surface area contributed by atoms with E-state index in [0.717, 1.165) is 24.2 Å². The molecule has 4 nitrogen and oxygen atoms in total. The van der Waals surface area contributed by atoms with E-state index >= 15 is 0 Å². The van der Waals surface area contributed by atoms with Gasteiger partial charge in [-0.1, -0.05) is 25.1 Å². The molecule has 0 fully saturated rings. The van der Waals surface area contributed by atoms with Gasteiger partial charge in [-0.05, 0) is 30.5 Å². The highest BCUT2D eigenvalue weighted by molar-refractivity contribution is 5.85. The number of hydrogen-bond acceptors (Lipinski definition) is 3. The Bertz CT molecular complexity index is 393. The van der Waals surface area contributed by atoms with Crippen LogP contribution in [-0.4, -0.2) is 25.8 Å². The van der Waals surface area contributed by atoms with Crippen molar-refractivity contribution in [2.45, 2.75) is 13.3 Å². The van der Waals surface area contributed by atoms with Gasteiger partial charge >= 0.3 is 6.09 Å². The highest BCUT2D eigenvalue weighted by Crippen LogP contribution is 2.19. The number of carbonyl (C=O) groups excluding carboxylic acids is 1. The molecule has 0 spiro atoms. The predicted molar refractivity (Wildman–Crippen MR) is 67.2 cm³/mol. The molecule has 1 aromatic carbocycles. The van der Waals surface area contributed by atoms with E-state index in [1.54, 1.807) is 0 Å². The molecule has 0 radical (unpaired) electrons. The number of hydrogen-bond donors (Lipinski definition) is 2. The molecule has 2 rings (SSSR count). The summed E-state index contributed by atoms with van der Waals surface area (Å²) in [4.78, 5) is 11.5. The molecule has 1 amide bonds. The fraction of sp³-hybridized carbons (Fsp3) is 0.462. The van der Waals surface area contributed by atoms with E-state index in [2.05, 4.69) is 17.6 Å². The molecule has 2 N–H and O–H groups in total. The second kappa shape index (κ2) is 5.68. The average Bonchev–Trinajstić information content (AvgIpc) is 2.33. The first kappa shape index (κ1) is 11.9. The van der Waals surface area contributed by atoms with Crippen molar-refractivity contribution in [2.75, 3.05) is 25.0 Å². The fourth-order valence-electron chi connectivity index (χ4n) is 1.98. The number of benzene rings is 1. The summed E-state index contributed by atoms with van der Waals surface area (Å²) in [5.41, 5.74) is 2.01. The molecule has 0 saturated carbocycles. The van der Waals surface area contributed by atoms with Gasteiger partial charge in [-0.25, -0.2) is 4.79 Å². The maximum Gasteiger partial charge on any atom is 0.411 e. The van der Waals surface area contributed by atoms with E-state index in [-0.39, 0.29) is 6.09 Å². The maximum atomic E-state index is 11.5. The van der Waals surface area contributed by atoms with Crippen molar-refractivity contribution in [1.29, 1.82) is 0 Å². The van der Waals surface area contributed by atoms with Gasteiger partial charge in [-0.15, -0.1) is 0 Å². The van der Waals surface area contributed by atoms with Gasteiger partial charge < -0.3 is 10.1 Å². The quantitative estimate of drug-likeness (QED) is 0.722. The number of carbonyl (C=O) groups is 1. The molecule has 0 aliphatic carbocycles. The zero-order valence-electron chi connectivity index (χ0n) is 10.0. The minimum absolute atomic E-state index is 0.381. The average molecular weight is 234 g/mol. The van der Waals surface area contributed by atoms with Crippen molar-refractivity contribution in [3.05, 3.63) is 29.8 Å². The van der Waals surface area contributed by atoms with Crippen LogP contribution in [0.1, 0.15) is 12.5 Å². The topological polar surface area (TPSA) is 50.4 Å². The SMILES string of the molecule is CC1CNCCOC(=O)Nc2ccccc2C1. The van der Waals surface area contributed by atoms with E-state index in [1.165, 1.54) is 0 Å². The monoisotopic (exact) mass is 234 g/mol. The summed E-state index contributed by atoms with van der Waals surface area (Å²) in [6, 6.07) is 7.87. The summed E-state index contributed by atoms with van der Waals surface area (Å²) in [6.45, 7) is 4.24. The number of nitrogens with one attached hydrogen (secondary N) is 2. The van der Waals surface area contributed by atoms with Gasteiger partial charge in [0.05, 0.1) is 0 Å². The Morgan fingerprint density at radius 2 is 2.18 bits per heavy atom. The van der Waals surface area contributed by atoms with Crippen LogP contribution in [0, 0.1) is 5.92 Å². The van der Waals surface area contributed by atoms with E-state index in [9.17, 15) is 4.79 Å². The predicted octanol–water partition coefficient (Wildman–Crippen LogP) is 2.02. The van der Waals surface area contributed by atoms with Gasteiger partial charge in [0.1, 0.15) is 6.61 Å². The molecule has 17 heavy (non-hydrogen) atoms. The maximum absolute atomic E-state index is 11.5. The first-order valence-corrected chi connectivity index (χ1v) is 5.98. The zero-order valence-corrected chi connectivity index (χ0v) is 10.0.